The molecule has 1 saturated heterocycles. The highest BCUT2D eigenvalue weighted by Crippen LogP contribution is 2.34. The molecule has 0 spiro atoms. The van der Waals surface area contributed by atoms with Crippen LogP contribution in [0.15, 0.2) is 0 Å². The fraction of sp³-hybridized carbons (Fsp3) is 1.00. The lowest BCUT2D eigenvalue weighted by Gasteiger charge is -2.40. The number of aliphatic hydroxyl groups excluding tert-OH is 1. The van der Waals surface area contributed by atoms with Gasteiger partial charge in [-0.25, -0.2) is 0 Å². The van der Waals surface area contributed by atoms with E-state index < -0.39 is 0 Å². The van der Waals surface area contributed by atoms with Crippen LogP contribution in [-0.4, -0.2) is 35.7 Å². The van der Waals surface area contributed by atoms with Crippen LogP contribution in [0.4, 0.5) is 0 Å². The third-order valence-electron chi connectivity index (χ3n) is 5.16. The second-order valence-electron chi connectivity index (χ2n) is 7.15. The van der Waals surface area contributed by atoms with Crippen molar-refractivity contribution in [3.05, 3.63) is 0 Å². The predicted molar refractivity (Wildman–Crippen MR) is 76.5 cm³/mol. The summed E-state index contributed by atoms with van der Waals surface area (Å²) in [6.07, 6.45) is 6.18. The van der Waals surface area contributed by atoms with Gasteiger partial charge < -0.3 is 10.0 Å². The van der Waals surface area contributed by atoms with Gasteiger partial charge in [0.2, 0.25) is 0 Å². The number of hydrogen-bond donors (Lipinski definition) is 1. The predicted octanol–water partition coefficient (Wildman–Crippen LogP) is 3.15. The van der Waals surface area contributed by atoms with Crippen molar-refractivity contribution in [1.29, 1.82) is 0 Å². The van der Waals surface area contributed by atoms with Crippen molar-refractivity contribution in [2.24, 2.45) is 23.7 Å². The van der Waals surface area contributed by atoms with E-state index in [1.54, 1.807) is 0 Å². The summed E-state index contributed by atoms with van der Waals surface area (Å²) in [7, 11) is 0. The summed E-state index contributed by atoms with van der Waals surface area (Å²) < 4.78 is 0. The Bertz CT molecular complexity index is 253. The molecule has 106 valence electrons. The first-order valence-corrected chi connectivity index (χ1v) is 7.96. The Morgan fingerprint density at radius 1 is 1.22 bits per heavy atom. The normalized spacial score (nSPS) is 39.2. The van der Waals surface area contributed by atoms with Crippen molar-refractivity contribution in [2.75, 3.05) is 19.6 Å². The molecule has 2 fully saturated rings. The first kappa shape index (κ1) is 14.3. The summed E-state index contributed by atoms with van der Waals surface area (Å²) >= 11 is 0. The van der Waals surface area contributed by atoms with E-state index in [9.17, 15) is 5.11 Å². The zero-order valence-corrected chi connectivity index (χ0v) is 12.4. The molecule has 1 aliphatic heterocycles. The maximum atomic E-state index is 10.2. The molecule has 2 heteroatoms. The fourth-order valence-electron chi connectivity index (χ4n) is 3.87. The van der Waals surface area contributed by atoms with Gasteiger partial charge in [-0.3, -0.25) is 0 Å². The molecular formula is C16H31NO. The van der Waals surface area contributed by atoms with Crippen molar-refractivity contribution >= 4 is 0 Å². The average Bonchev–Trinajstić information content (AvgIpc) is 2.31. The summed E-state index contributed by atoms with van der Waals surface area (Å²) in [5.74, 6) is 2.98. The molecule has 0 radical (unpaired) electrons. The van der Waals surface area contributed by atoms with E-state index in [1.165, 1.54) is 38.8 Å². The van der Waals surface area contributed by atoms with Crippen LogP contribution in [0.2, 0.25) is 0 Å². The van der Waals surface area contributed by atoms with Crippen molar-refractivity contribution in [3.8, 4) is 0 Å². The Labute approximate surface area is 113 Å². The van der Waals surface area contributed by atoms with Crippen molar-refractivity contribution in [3.63, 3.8) is 0 Å². The standard InChI is InChI=1S/C16H31NO/c1-12(2)14-6-7-16(18)15(9-14)11-17-8-4-5-13(3)10-17/h12-16,18H,4-11H2,1-3H3. The first-order chi connectivity index (χ1) is 8.56. The van der Waals surface area contributed by atoms with E-state index in [-0.39, 0.29) is 6.10 Å². The maximum absolute atomic E-state index is 10.2. The molecule has 1 N–H and O–H groups in total. The average molecular weight is 253 g/mol. The van der Waals surface area contributed by atoms with Gasteiger partial charge in [0.25, 0.3) is 0 Å². The summed E-state index contributed by atoms with van der Waals surface area (Å²) in [6, 6.07) is 0. The molecule has 0 bridgehead atoms. The SMILES string of the molecule is CC1CCCN(CC2CC(C(C)C)CCC2O)C1. The van der Waals surface area contributed by atoms with Gasteiger partial charge in [-0.05, 0) is 62.3 Å². The Morgan fingerprint density at radius 3 is 2.67 bits per heavy atom. The Kier molecular flexibility index (Phi) is 5.08. The minimum Gasteiger partial charge on any atom is -0.393 e. The zero-order chi connectivity index (χ0) is 13.1. The molecule has 0 aromatic heterocycles. The third-order valence-corrected chi connectivity index (χ3v) is 5.16. The van der Waals surface area contributed by atoms with E-state index in [2.05, 4.69) is 25.7 Å². The highest BCUT2D eigenvalue weighted by atomic mass is 16.3. The number of piperidine rings is 1. The topological polar surface area (TPSA) is 23.5 Å². The Hall–Kier alpha value is -0.0800. The van der Waals surface area contributed by atoms with Gasteiger partial charge in [-0.1, -0.05) is 20.8 Å². The van der Waals surface area contributed by atoms with Crippen molar-refractivity contribution in [1.82, 2.24) is 4.90 Å². The molecule has 0 aromatic rings. The molecule has 1 saturated carbocycles. The summed E-state index contributed by atoms with van der Waals surface area (Å²) in [5.41, 5.74) is 0. The van der Waals surface area contributed by atoms with Crippen LogP contribution in [0.1, 0.15) is 52.9 Å². The fourth-order valence-corrected chi connectivity index (χ4v) is 3.87. The van der Waals surface area contributed by atoms with Crippen LogP contribution in [0.25, 0.3) is 0 Å². The van der Waals surface area contributed by atoms with Gasteiger partial charge in [0.1, 0.15) is 0 Å². The molecule has 1 heterocycles. The molecule has 2 nitrogen and oxygen atoms in total. The van der Waals surface area contributed by atoms with Gasteiger partial charge in [0.15, 0.2) is 0 Å². The minimum atomic E-state index is -0.0442. The van der Waals surface area contributed by atoms with Gasteiger partial charge >= 0.3 is 0 Å². The zero-order valence-electron chi connectivity index (χ0n) is 12.4. The molecule has 18 heavy (non-hydrogen) atoms. The number of hydrogen-bond acceptors (Lipinski definition) is 2. The number of rotatable bonds is 3. The lowest BCUT2D eigenvalue weighted by atomic mass is 9.74. The highest BCUT2D eigenvalue weighted by Gasteiger charge is 2.32. The quantitative estimate of drug-likeness (QED) is 0.835. The van der Waals surface area contributed by atoms with E-state index in [0.717, 1.165) is 30.7 Å². The van der Waals surface area contributed by atoms with E-state index in [4.69, 9.17) is 0 Å². The van der Waals surface area contributed by atoms with Gasteiger partial charge in [-0.2, -0.15) is 0 Å². The third kappa shape index (κ3) is 3.71. The molecule has 4 unspecified atom stereocenters. The smallest absolute Gasteiger partial charge is 0.0580 e. The lowest BCUT2D eigenvalue weighted by molar-refractivity contribution is 0.0120. The van der Waals surface area contributed by atoms with E-state index in [1.807, 2.05) is 0 Å². The molecule has 2 rings (SSSR count). The van der Waals surface area contributed by atoms with Gasteiger partial charge in [0, 0.05) is 13.1 Å². The molecule has 0 aromatic carbocycles. The summed E-state index contributed by atoms with van der Waals surface area (Å²) in [5, 5.41) is 10.2. The van der Waals surface area contributed by atoms with Crippen molar-refractivity contribution < 1.29 is 5.11 Å². The van der Waals surface area contributed by atoms with Gasteiger partial charge in [0.05, 0.1) is 6.10 Å². The van der Waals surface area contributed by atoms with E-state index in [0.29, 0.717) is 5.92 Å². The molecule has 1 aliphatic carbocycles. The first-order valence-electron chi connectivity index (χ1n) is 7.96. The molecule has 0 amide bonds. The van der Waals surface area contributed by atoms with Crippen LogP contribution < -0.4 is 0 Å². The molecule has 2 aliphatic rings. The maximum Gasteiger partial charge on any atom is 0.0580 e. The second kappa shape index (κ2) is 6.38. The number of aliphatic hydroxyl groups is 1. The van der Waals surface area contributed by atoms with E-state index >= 15 is 0 Å². The number of likely N-dealkylation sites (tertiary alicyclic amines) is 1. The minimum absolute atomic E-state index is 0.0442. The van der Waals surface area contributed by atoms with Crippen LogP contribution >= 0.6 is 0 Å². The lowest BCUT2D eigenvalue weighted by Crippen LogP contribution is -2.43. The number of nitrogens with zero attached hydrogens (tertiary/aromatic N) is 1. The summed E-state index contributed by atoms with van der Waals surface area (Å²) in [6.45, 7) is 10.7. The van der Waals surface area contributed by atoms with Crippen LogP contribution in [-0.2, 0) is 0 Å². The van der Waals surface area contributed by atoms with Crippen LogP contribution in [0.3, 0.4) is 0 Å². The molecule has 4 atom stereocenters. The largest absolute Gasteiger partial charge is 0.393 e. The van der Waals surface area contributed by atoms with Crippen LogP contribution in [0.5, 0.6) is 0 Å². The second-order valence-corrected chi connectivity index (χ2v) is 7.15. The Balaban J connectivity index is 1.86. The molecular weight excluding hydrogens is 222 g/mol. The Morgan fingerprint density at radius 2 is 2.00 bits per heavy atom. The highest BCUT2D eigenvalue weighted by molar-refractivity contribution is 4.84. The van der Waals surface area contributed by atoms with Crippen molar-refractivity contribution in [2.45, 2.75) is 59.0 Å². The van der Waals surface area contributed by atoms with Gasteiger partial charge in [-0.15, -0.1) is 0 Å². The summed E-state index contributed by atoms with van der Waals surface area (Å²) in [4.78, 5) is 2.60. The monoisotopic (exact) mass is 253 g/mol. The van der Waals surface area contributed by atoms with Crippen LogP contribution in [0, 0.1) is 23.7 Å².